The Morgan fingerprint density at radius 3 is 1.75 bits per heavy atom. The number of nitrogens with zero attached hydrogens (tertiary/aromatic N) is 1. The summed E-state index contributed by atoms with van der Waals surface area (Å²) in [6.07, 6.45) is 2.05. The van der Waals surface area contributed by atoms with Gasteiger partial charge in [-0.15, -0.1) is 12.4 Å². The van der Waals surface area contributed by atoms with E-state index in [1.54, 1.807) is 0 Å². The van der Waals surface area contributed by atoms with Gasteiger partial charge in [-0.05, 0) is 50.2 Å². The molecule has 0 bridgehead atoms. The van der Waals surface area contributed by atoms with Crippen LogP contribution >= 0.6 is 12.4 Å². The minimum Gasteiger partial charge on any atom is -0.457 e. The van der Waals surface area contributed by atoms with E-state index in [-0.39, 0.29) is 12.4 Å². The fraction of sp³-hybridized carbons (Fsp3) is 0.294. The Kier molecular flexibility index (Phi) is 4.69. The molecule has 0 spiro atoms. The summed E-state index contributed by atoms with van der Waals surface area (Å²) < 4.78 is 6.09. The highest BCUT2D eigenvalue weighted by Crippen LogP contribution is 2.33. The van der Waals surface area contributed by atoms with Crippen LogP contribution in [0.1, 0.15) is 11.1 Å². The minimum absolute atomic E-state index is 0. The first-order valence-corrected chi connectivity index (χ1v) is 6.74. The molecule has 0 saturated carbocycles. The van der Waals surface area contributed by atoms with E-state index in [2.05, 4.69) is 55.4 Å². The van der Waals surface area contributed by atoms with E-state index >= 15 is 0 Å². The normalized spacial score (nSPS) is 14.3. The van der Waals surface area contributed by atoms with Crippen molar-refractivity contribution in [2.24, 2.45) is 0 Å². The SMILES string of the molecule is CN(C)C1Cc2ccccc2Oc2ccccc2C1.Cl. The van der Waals surface area contributed by atoms with Crippen molar-refractivity contribution >= 4 is 12.4 Å². The molecule has 0 atom stereocenters. The predicted molar refractivity (Wildman–Crippen MR) is 85.1 cm³/mol. The molecule has 1 aliphatic heterocycles. The third-order valence-electron chi connectivity index (χ3n) is 3.81. The molecular formula is C17H20ClNO. The summed E-state index contributed by atoms with van der Waals surface area (Å²) in [6.45, 7) is 0. The van der Waals surface area contributed by atoms with Gasteiger partial charge in [-0.1, -0.05) is 36.4 Å². The molecule has 0 amide bonds. The molecular weight excluding hydrogens is 270 g/mol. The van der Waals surface area contributed by atoms with Gasteiger partial charge in [0.15, 0.2) is 0 Å². The molecule has 20 heavy (non-hydrogen) atoms. The maximum Gasteiger partial charge on any atom is 0.130 e. The van der Waals surface area contributed by atoms with E-state index in [0.29, 0.717) is 6.04 Å². The summed E-state index contributed by atoms with van der Waals surface area (Å²) >= 11 is 0. The maximum atomic E-state index is 6.09. The number of halogens is 1. The standard InChI is InChI=1S/C17H19NO.ClH/c1-18(2)15-11-13-7-3-5-9-16(13)19-17-10-6-4-8-14(17)12-15;/h3-10,15H,11-12H2,1-2H3;1H. The van der Waals surface area contributed by atoms with Crippen molar-refractivity contribution in [1.82, 2.24) is 4.90 Å². The second-order valence-corrected chi connectivity index (χ2v) is 5.34. The Labute approximate surface area is 126 Å². The number of hydrogen-bond acceptors (Lipinski definition) is 2. The maximum absolute atomic E-state index is 6.09. The van der Waals surface area contributed by atoms with E-state index < -0.39 is 0 Å². The third-order valence-corrected chi connectivity index (χ3v) is 3.81. The van der Waals surface area contributed by atoms with E-state index in [4.69, 9.17) is 4.74 Å². The lowest BCUT2D eigenvalue weighted by Crippen LogP contribution is -2.33. The van der Waals surface area contributed by atoms with Crippen molar-refractivity contribution < 1.29 is 4.74 Å². The molecule has 0 unspecified atom stereocenters. The average molecular weight is 290 g/mol. The van der Waals surface area contributed by atoms with E-state index in [1.165, 1.54) is 11.1 Å². The van der Waals surface area contributed by atoms with Crippen LogP contribution in [0.3, 0.4) is 0 Å². The molecule has 2 aromatic rings. The molecule has 0 aromatic heterocycles. The lowest BCUT2D eigenvalue weighted by molar-refractivity contribution is 0.281. The Balaban J connectivity index is 0.00000147. The van der Waals surface area contributed by atoms with Crippen LogP contribution in [0, 0.1) is 0 Å². The number of rotatable bonds is 1. The van der Waals surface area contributed by atoms with Crippen LogP contribution in [-0.2, 0) is 12.8 Å². The van der Waals surface area contributed by atoms with Crippen molar-refractivity contribution in [2.75, 3.05) is 14.1 Å². The van der Waals surface area contributed by atoms with Gasteiger partial charge in [-0.2, -0.15) is 0 Å². The average Bonchev–Trinajstić information content (AvgIpc) is 2.38. The summed E-state index contributed by atoms with van der Waals surface area (Å²) in [5.41, 5.74) is 2.58. The molecule has 1 aliphatic rings. The van der Waals surface area contributed by atoms with Gasteiger partial charge in [-0.3, -0.25) is 0 Å². The monoisotopic (exact) mass is 289 g/mol. The first-order valence-electron chi connectivity index (χ1n) is 6.74. The highest BCUT2D eigenvalue weighted by molar-refractivity contribution is 5.85. The van der Waals surface area contributed by atoms with Crippen molar-refractivity contribution in [3.8, 4) is 11.5 Å². The van der Waals surface area contributed by atoms with E-state index in [9.17, 15) is 0 Å². The molecule has 2 nitrogen and oxygen atoms in total. The smallest absolute Gasteiger partial charge is 0.130 e. The highest BCUT2D eigenvalue weighted by Gasteiger charge is 2.20. The van der Waals surface area contributed by atoms with Crippen LogP contribution in [0.15, 0.2) is 48.5 Å². The Hall–Kier alpha value is -1.51. The minimum atomic E-state index is 0. The van der Waals surface area contributed by atoms with Gasteiger partial charge in [0.2, 0.25) is 0 Å². The van der Waals surface area contributed by atoms with Crippen LogP contribution in [0.25, 0.3) is 0 Å². The molecule has 0 saturated heterocycles. The molecule has 2 aromatic carbocycles. The molecule has 3 heteroatoms. The summed E-state index contributed by atoms with van der Waals surface area (Å²) in [7, 11) is 4.30. The number of ether oxygens (including phenoxy) is 1. The van der Waals surface area contributed by atoms with Crippen LogP contribution in [0.2, 0.25) is 0 Å². The van der Waals surface area contributed by atoms with Crippen molar-refractivity contribution in [3.05, 3.63) is 59.7 Å². The topological polar surface area (TPSA) is 12.5 Å². The second kappa shape index (κ2) is 6.29. The predicted octanol–water partition coefficient (Wildman–Crippen LogP) is 3.93. The zero-order valence-electron chi connectivity index (χ0n) is 11.9. The van der Waals surface area contributed by atoms with E-state index in [1.807, 2.05) is 12.1 Å². The van der Waals surface area contributed by atoms with Gasteiger partial charge in [0.05, 0.1) is 0 Å². The lowest BCUT2D eigenvalue weighted by atomic mass is 9.95. The summed E-state index contributed by atoms with van der Waals surface area (Å²) in [4.78, 5) is 2.30. The number of hydrogen-bond donors (Lipinski definition) is 0. The Morgan fingerprint density at radius 2 is 1.30 bits per heavy atom. The van der Waals surface area contributed by atoms with Gasteiger partial charge in [-0.25, -0.2) is 0 Å². The lowest BCUT2D eigenvalue weighted by Gasteiger charge is -2.28. The fourth-order valence-electron chi connectivity index (χ4n) is 2.61. The number of likely N-dealkylation sites (N-methyl/N-ethyl adjacent to an activating group) is 1. The molecule has 0 aliphatic carbocycles. The molecule has 0 radical (unpaired) electrons. The van der Waals surface area contributed by atoms with Crippen LogP contribution < -0.4 is 4.74 Å². The highest BCUT2D eigenvalue weighted by atomic mass is 35.5. The van der Waals surface area contributed by atoms with Crippen LogP contribution in [0.5, 0.6) is 11.5 Å². The second-order valence-electron chi connectivity index (χ2n) is 5.34. The van der Waals surface area contributed by atoms with Crippen molar-refractivity contribution in [1.29, 1.82) is 0 Å². The van der Waals surface area contributed by atoms with Gasteiger partial charge in [0.25, 0.3) is 0 Å². The van der Waals surface area contributed by atoms with Crippen molar-refractivity contribution in [2.45, 2.75) is 18.9 Å². The third kappa shape index (κ3) is 2.97. The van der Waals surface area contributed by atoms with Gasteiger partial charge in [0.1, 0.15) is 11.5 Å². The molecule has 1 heterocycles. The number of para-hydroxylation sites is 2. The molecule has 0 N–H and O–H groups in total. The number of benzene rings is 2. The summed E-state index contributed by atoms with van der Waals surface area (Å²) in [5.74, 6) is 1.98. The summed E-state index contributed by atoms with van der Waals surface area (Å²) in [6, 6.07) is 17.2. The number of fused-ring (bicyclic) bond motifs is 2. The molecule has 0 fully saturated rings. The van der Waals surface area contributed by atoms with Gasteiger partial charge >= 0.3 is 0 Å². The quantitative estimate of drug-likeness (QED) is 0.789. The first-order chi connectivity index (χ1) is 9.24. The zero-order chi connectivity index (χ0) is 13.2. The van der Waals surface area contributed by atoms with Gasteiger partial charge < -0.3 is 9.64 Å². The van der Waals surface area contributed by atoms with E-state index in [0.717, 1.165) is 24.3 Å². The Morgan fingerprint density at radius 1 is 0.850 bits per heavy atom. The van der Waals surface area contributed by atoms with Crippen molar-refractivity contribution in [3.63, 3.8) is 0 Å². The fourth-order valence-corrected chi connectivity index (χ4v) is 2.61. The Bertz CT molecular complexity index is 535. The molecule has 3 rings (SSSR count). The largest absolute Gasteiger partial charge is 0.457 e. The first kappa shape index (κ1) is 14.9. The van der Waals surface area contributed by atoms with Gasteiger partial charge in [0, 0.05) is 6.04 Å². The summed E-state index contributed by atoms with van der Waals surface area (Å²) in [5, 5.41) is 0. The zero-order valence-corrected chi connectivity index (χ0v) is 12.7. The van der Waals surface area contributed by atoms with Crippen LogP contribution in [-0.4, -0.2) is 25.0 Å². The van der Waals surface area contributed by atoms with Crippen LogP contribution in [0.4, 0.5) is 0 Å². The molecule has 106 valence electrons.